The molecular weight excluding hydrogens is 196 g/mol. The van der Waals surface area contributed by atoms with Crippen molar-refractivity contribution in [3.63, 3.8) is 0 Å². The van der Waals surface area contributed by atoms with Crippen LogP contribution in [0.2, 0.25) is 0 Å². The highest BCUT2D eigenvalue weighted by atomic mass is 16.5. The van der Waals surface area contributed by atoms with E-state index in [-0.39, 0.29) is 0 Å². The molecule has 0 unspecified atom stereocenters. The maximum absolute atomic E-state index is 5.75. The first-order chi connectivity index (χ1) is 7.95. The van der Waals surface area contributed by atoms with Crippen molar-refractivity contribution in [2.75, 3.05) is 6.61 Å². The van der Waals surface area contributed by atoms with E-state index in [1.54, 1.807) is 0 Å². The number of hydrogen-bond acceptors (Lipinski definition) is 1. The third-order valence-corrected chi connectivity index (χ3v) is 2.77. The largest absolute Gasteiger partial charge is 0.488 e. The summed E-state index contributed by atoms with van der Waals surface area (Å²) in [6.07, 6.45) is 2.11. The molecule has 0 bridgehead atoms. The Morgan fingerprint density at radius 3 is 2.44 bits per heavy atom. The van der Waals surface area contributed by atoms with Gasteiger partial charge in [0.25, 0.3) is 0 Å². The van der Waals surface area contributed by atoms with Gasteiger partial charge in [-0.2, -0.15) is 0 Å². The van der Waals surface area contributed by atoms with Gasteiger partial charge in [0, 0.05) is 10.8 Å². The van der Waals surface area contributed by atoms with Gasteiger partial charge in [0.15, 0.2) is 0 Å². The van der Waals surface area contributed by atoms with Crippen molar-refractivity contribution >= 4 is 11.8 Å². The summed E-state index contributed by atoms with van der Waals surface area (Å²) in [4.78, 5) is 0. The van der Waals surface area contributed by atoms with Crippen molar-refractivity contribution in [3.05, 3.63) is 70.6 Å². The molecule has 1 heteroatoms. The Morgan fingerprint density at radius 1 is 0.812 bits per heavy atom. The summed E-state index contributed by atoms with van der Waals surface area (Å²) in [6.45, 7) is 0.654. The Kier molecular flexibility index (Phi) is 2.22. The Bertz CT molecular complexity index is 611. The summed E-state index contributed by atoms with van der Waals surface area (Å²) in [5, 5.41) is 2.44. The van der Waals surface area contributed by atoms with E-state index in [9.17, 15) is 0 Å². The minimum atomic E-state index is 0.654. The van der Waals surface area contributed by atoms with Crippen molar-refractivity contribution < 1.29 is 4.74 Å². The third kappa shape index (κ3) is 1.50. The van der Waals surface area contributed by atoms with Gasteiger partial charge in [0.2, 0.25) is 0 Å². The molecule has 16 heavy (non-hydrogen) atoms. The first-order valence-corrected chi connectivity index (χ1v) is 5.43. The fourth-order valence-corrected chi connectivity index (χ4v) is 2.00. The lowest BCUT2D eigenvalue weighted by Crippen LogP contribution is -2.31. The molecule has 3 rings (SSSR count). The topological polar surface area (TPSA) is 9.23 Å². The number of fused-ring (bicyclic) bond motifs is 1. The average Bonchev–Trinajstić information content (AvgIpc) is 2.39. The second kappa shape index (κ2) is 3.86. The molecule has 2 aromatic rings. The third-order valence-electron chi connectivity index (χ3n) is 2.77. The predicted octanol–water partition coefficient (Wildman–Crippen LogP) is 1.65. The fraction of sp³-hybridized carbons (Fsp3) is 0.0667. The lowest BCUT2D eigenvalue weighted by molar-refractivity contribution is 0.324. The smallest absolute Gasteiger partial charge is 0.134 e. The van der Waals surface area contributed by atoms with Crippen molar-refractivity contribution in [1.82, 2.24) is 0 Å². The van der Waals surface area contributed by atoms with Crippen LogP contribution in [-0.4, -0.2) is 6.61 Å². The molecule has 0 radical (unpaired) electrons. The van der Waals surface area contributed by atoms with Crippen molar-refractivity contribution in [2.24, 2.45) is 0 Å². The Morgan fingerprint density at radius 2 is 1.56 bits per heavy atom. The maximum Gasteiger partial charge on any atom is 0.134 e. The van der Waals surface area contributed by atoms with Crippen LogP contribution in [0.3, 0.4) is 0 Å². The zero-order valence-corrected chi connectivity index (χ0v) is 8.89. The van der Waals surface area contributed by atoms with Crippen molar-refractivity contribution in [3.8, 4) is 0 Å². The highest BCUT2D eigenvalue weighted by Gasteiger charge is 2.06. The van der Waals surface area contributed by atoms with E-state index in [1.165, 1.54) is 10.4 Å². The van der Waals surface area contributed by atoms with E-state index in [0.717, 1.165) is 11.3 Å². The molecule has 0 aliphatic carbocycles. The van der Waals surface area contributed by atoms with Crippen molar-refractivity contribution in [2.45, 2.75) is 0 Å². The Labute approximate surface area is 94.3 Å². The monoisotopic (exact) mass is 208 g/mol. The zero-order valence-electron chi connectivity index (χ0n) is 8.89. The van der Waals surface area contributed by atoms with Crippen LogP contribution in [0.25, 0.3) is 11.8 Å². The molecule has 0 N–H and O–H groups in total. The standard InChI is InChI=1S/C15H12O/c1-2-7-13(8-3-1)15-14-9-5-4-6-12(14)10-11-16-15/h1-10H,11H2. The molecule has 0 fully saturated rings. The van der Waals surface area contributed by atoms with Gasteiger partial charge in [-0.1, -0.05) is 54.6 Å². The summed E-state index contributed by atoms with van der Waals surface area (Å²) in [7, 11) is 0. The van der Waals surface area contributed by atoms with Gasteiger partial charge in [-0.05, 0) is 11.3 Å². The molecule has 0 spiro atoms. The van der Waals surface area contributed by atoms with Crippen LogP contribution < -0.4 is 10.4 Å². The maximum atomic E-state index is 5.75. The predicted molar refractivity (Wildman–Crippen MR) is 65.1 cm³/mol. The minimum absolute atomic E-state index is 0.654. The zero-order chi connectivity index (χ0) is 10.8. The minimum Gasteiger partial charge on any atom is -0.488 e. The molecule has 1 nitrogen and oxygen atoms in total. The van der Waals surface area contributed by atoms with E-state index in [4.69, 9.17) is 4.74 Å². The SMILES string of the molecule is C1=c2ccccc2=C(c2ccccc2)OC1. The molecule has 2 aromatic carbocycles. The Balaban J connectivity index is 2.33. The first kappa shape index (κ1) is 9.22. The van der Waals surface area contributed by atoms with Crippen LogP contribution >= 0.6 is 0 Å². The average molecular weight is 208 g/mol. The number of hydrogen-bond donors (Lipinski definition) is 0. The van der Waals surface area contributed by atoms with Gasteiger partial charge < -0.3 is 4.74 Å². The number of ether oxygens (including phenoxy) is 1. The molecule has 1 aliphatic rings. The summed E-state index contributed by atoms with van der Waals surface area (Å²) >= 11 is 0. The summed E-state index contributed by atoms with van der Waals surface area (Å²) < 4.78 is 5.75. The summed E-state index contributed by atoms with van der Waals surface area (Å²) in [5.41, 5.74) is 1.14. The second-order valence-corrected chi connectivity index (χ2v) is 3.80. The van der Waals surface area contributed by atoms with E-state index < -0.39 is 0 Å². The van der Waals surface area contributed by atoms with E-state index in [1.807, 2.05) is 24.3 Å². The van der Waals surface area contributed by atoms with Crippen LogP contribution in [0.15, 0.2) is 54.6 Å². The summed E-state index contributed by atoms with van der Waals surface area (Å²) in [6, 6.07) is 18.6. The fourth-order valence-electron chi connectivity index (χ4n) is 2.00. The van der Waals surface area contributed by atoms with Gasteiger partial charge >= 0.3 is 0 Å². The van der Waals surface area contributed by atoms with Gasteiger partial charge in [-0.25, -0.2) is 0 Å². The number of rotatable bonds is 1. The molecule has 0 saturated carbocycles. The molecule has 78 valence electrons. The Hall–Kier alpha value is -2.02. The molecule has 1 heterocycles. The van der Waals surface area contributed by atoms with E-state index in [0.29, 0.717) is 6.61 Å². The van der Waals surface area contributed by atoms with Crippen LogP contribution in [0.4, 0.5) is 0 Å². The molecule has 0 saturated heterocycles. The van der Waals surface area contributed by atoms with Gasteiger partial charge in [-0.3, -0.25) is 0 Å². The molecule has 0 aromatic heterocycles. The van der Waals surface area contributed by atoms with E-state index in [2.05, 4.69) is 36.4 Å². The lowest BCUT2D eigenvalue weighted by Gasteiger charge is -2.13. The number of benzene rings is 2. The molecule has 0 atom stereocenters. The lowest BCUT2D eigenvalue weighted by atomic mass is 10.1. The molecular formula is C15H12O. The molecule has 0 amide bonds. The quantitative estimate of drug-likeness (QED) is 0.692. The summed E-state index contributed by atoms with van der Waals surface area (Å²) in [5.74, 6) is 0.985. The molecule has 1 aliphatic heterocycles. The van der Waals surface area contributed by atoms with Crippen molar-refractivity contribution in [1.29, 1.82) is 0 Å². The highest BCUT2D eigenvalue weighted by Crippen LogP contribution is 2.12. The van der Waals surface area contributed by atoms with Crippen LogP contribution in [0.5, 0.6) is 0 Å². The van der Waals surface area contributed by atoms with Gasteiger partial charge in [0.05, 0.1) is 0 Å². The first-order valence-electron chi connectivity index (χ1n) is 5.43. The van der Waals surface area contributed by atoms with Gasteiger partial charge in [0.1, 0.15) is 12.4 Å². The second-order valence-electron chi connectivity index (χ2n) is 3.80. The van der Waals surface area contributed by atoms with Gasteiger partial charge in [-0.15, -0.1) is 0 Å². The van der Waals surface area contributed by atoms with E-state index >= 15 is 0 Å². The highest BCUT2D eigenvalue weighted by molar-refractivity contribution is 5.61. The van der Waals surface area contributed by atoms with Crippen LogP contribution in [0, 0.1) is 0 Å². The van der Waals surface area contributed by atoms with Crippen LogP contribution in [0.1, 0.15) is 5.56 Å². The van der Waals surface area contributed by atoms with Crippen LogP contribution in [-0.2, 0) is 4.74 Å². The normalized spacial score (nSPS) is 13.6.